The van der Waals surface area contributed by atoms with E-state index in [-0.39, 0.29) is 5.91 Å². The molecule has 0 aromatic rings. The molecule has 0 aromatic heterocycles. The molecule has 4 heteroatoms. The maximum Gasteiger partial charge on any atom is 0.239 e. The van der Waals surface area contributed by atoms with E-state index in [1.807, 2.05) is 0 Å². The predicted octanol–water partition coefficient (Wildman–Crippen LogP) is 1.35. The molecule has 1 rings (SSSR count). The Morgan fingerprint density at radius 1 is 1.44 bits per heavy atom. The summed E-state index contributed by atoms with van der Waals surface area (Å²) in [6.07, 6.45) is 4.89. The Bertz CT molecular complexity index is 260. The van der Waals surface area contributed by atoms with Gasteiger partial charge in [0, 0.05) is 13.1 Å². The van der Waals surface area contributed by atoms with Crippen LogP contribution in [0.3, 0.4) is 0 Å². The van der Waals surface area contributed by atoms with Crippen LogP contribution in [0.4, 0.5) is 0 Å². The lowest BCUT2D eigenvalue weighted by Gasteiger charge is -2.30. The lowest BCUT2D eigenvalue weighted by molar-refractivity contribution is -0.125. The van der Waals surface area contributed by atoms with E-state index < -0.39 is 5.54 Å². The second kappa shape index (κ2) is 7.10. The fourth-order valence-corrected chi connectivity index (χ4v) is 2.38. The summed E-state index contributed by atoms with van der Waals surface area (Å²) in [7, 11) is 0. The van der Waals surface area contributed by atoms with Crippen molar-refractivity contribution in [3.63, 3.8) is 0 Å². The lowest BCUT2D eigenvalue weighted by atomic mass is 10.0. The highest BCUT2D eigenvalue weighted by molar-refractivity contribution is 5.84. The van der Waals surface area contributed by atoms with Crippen LogP contribution in [-0.2, 0) is 4.79 Å². The third-order valence-corrected chi connectivity index (χ3v) is 3.51. The molecule has 1 unspecified atom stereocenters. The first kappa shape index (κ1) is 15.4. The van der Waals surface area contributed by atoms with Gasteiger partial charge in [0.2, 0.25) is 5.91 Å². The summed E-state index contributed by atoms with van der Waals surface area (Å²) in [5.41, 5.74) is 4.94. The van der Waals surface area contributed by atoms with Gasteiger partial charge in [-0.2, -0.15) is 0 Å². The van der Waals surface area contributed by atoms with Gasteiger partial charge in [-0.05, 0) is 58.5 Å². The van der Waals surface area contributed by atoms with Crippen LogP contribution >= 0.6 is 0 Å². The molecule has 0 aromatic carbocycles. The van der Waals surface area contributed by atoms with E-state index in [9.17, 15) is 4.79 Å². The van der Waals surface area contributed by atoms with Crippen molar-refractivity contribution < 1.29 is 4.79 Å². The smallest absolute Gasteiger partial charge is 0.239 e. The van der Waals surface area contributed by atoms with Gasteiger partial charge in [0.05, 0.1) is 5.54 Å². The lowest BCUT2D eigenvalue weighted by Crippen LogP contribution is -2.49. The number of hydrogen-bond donors (Lipinski definition) is 2. The first-order chi connectivity index (χ1) is 8.39. The molecule has 0 aliphatic carbocycles. The zero-order valence-corrected chi connectivity index (χ0v) is 12.2. The molecule has 4 nitrogen and oxygen atoms in total. The first-order valence-corrected chi connectivity index (χ1v) is 7.19. The van der Waals surface area contributed by atoms with Gasteiger partial charge in [-0.25, -0.2) is 0 Å². The number of carbonyl (C=O) groups is 1. The van der Waals surface area contributed by atoms with Gasteiger partial charge in [0.15, 0.2) is 0 Å². The number of rotatable bonds is 6. The highest BCUT2D eigenvalue weighted by Crippen LogP contribution is 2.15. The standard InChI is InChI=1S/C14H29N3O/c1-12-7-6-10-17(11-12)9-5-4-8-16-13(18)14(2,3)15/h12H,4-11,15H2,1-3H3,(H,16,18). The Labute approximate surface area is 111 Å². The number of likely N-dealkylation sites (tertiary alicyclic amines) is 1. The second-order valence-corrected chi connectivity index (χ2v) is 6.23. The van der Waals surface area contributed by atoms with E-state index in [0.29, 0.717) is 0 Å². The number of piperidine rings is 1. The van der Waals surface area contributed by atoms with Crippen molar-refractivity contribution in [1.82, 2.24) is 10.2 Å². The number of nitrogens with one attached hydrogen (secondary N) is 1. The van der Waals surface area contributed by atoms with Gasteiger partial charge >= 0.3 is 0 Å². The monoisotopic (exact) mass is 255 g/mol. The number of amides is 1. The van der Waals surface area contributed by atoms with Crippen LogP contribution in [0.1, 0.15) is 46.5 Å². The van der Waals surface area contributed by atoms with E-state index in [1.54, 1.807) is 13.8 Å². The quantitative estimate of drug-likeness (QED) is 0.704. The molecule has 1 aliphatic heterocycles. The van der Waals surface area contributed by atoms with Gasteiger partial charge in [0.1, 0.15) is 0 Å². The summed E-state index contributed by atoms with van der Waals surface area (Å²) in [4.78, 5) is 14.1. The number of unbranched alkanes of at least 4 members (excludes halogenated alkanes) is 1. The molecule has 1 aliphatic rings. The van der Waals surface area contributed by atoms with Crippen LogP contribution in [0, 0.1) is 5.92 Å². The Morgan fingerprint density at radius 3 is 2.78 bits per heavy atom. The summed E-state index contributed by atoms with van der Waals surface area (Å²) in [6.45, 7) is 10.2. The van der Waals surface area contributed by atoms with Crippen LogP contribution < -0.4 is 11.1 Å². The molecule has 0 spiro atoms. The Kier molecular flexibility index (Phi) is 6.09. The highest BCUT2D eigenvalue weighted by atomic mass is 16.2. The van der Waals surface area contributed by atoms with Gasteiger partial charge in [-0.1, -0.05) is 6.92 Å². The normalized spacial score (nSPS) is 21.9. The van der Waals surface area contributed by atoms with Crippen LogP contribution in [0.25, 0.3) is 0 Å². The molecule has 1 atom stereocenters. The topological polar surface area (TPSA) is 58.4 Å². The molecule has 0 bridgehead atoms. The van der Waals surface area contributed by atoms with Crippen LogP contribution in [0.2, 0.25) is 0 Å². The van der Waals surface area contributed by atoms with Crippen molar-refractivity contribution in [2.75, 3.05) is 26.2 Å². The minimum Gasteiger partial charge on any atom is -0.355 e. The number of nitrogens with two attached hydrogens (primary N) is 1. The van der Waals surface area contributed by atoms with Crippen molar-refractivity contribution >= 4 is 5.91 Å². The molecule has 0 radical (unpaired) electrons. The third-order valence-electron chi connectivity index (χ3n) is 3.51. The largest absolute Gasteiger partial charge is 0.355 e. The van der Waals surface area contributed by atoms with E-state index in [1.165, 1.54) is 25.9 Å². The summed E-state index contributed by atoms with van der Waals surface area (Å²) < 4.78 is 0. The molecule has 3 N–H and O–H groups in total. The van der Waals surface area contributed by atoms with E-state index in [2.05, 4.69) is 17.1 Å². The highest BCUT2D eigenvalue weighted by Gasteiger charge is 2.20. The average Bonchev–Trinajstić information content (AvgIpc) is 2.27. The summed E-state index contributed by atoms with van der Waals surface area (Å²) in [5, 5.41) is 2.89. The fourth-order valence-electron chi connectivity index (χ4n) is 2.38. The zero-order valence-electron chi connectivity index (χ0n) is 12.2. The van der Waals surface area contributed by atoms with Crippen molar-refractivity contribution in [2.24, 2.45) is 11.7 Å². The van der Waals surface area contributed by atoms with Gasteiger partial charge in [0.25, 0.3) is 0 Å². The second-order valence-electron chi connectivity index (χ2n) is 6.23. The average molecular weight is 255 g/mol. The number of carbonyl (C=O) groups excluding carboxylic acids is 1. The van der Waals surface area contributed by atoms with Crippen molar-refractivity contribution in [2.45, 2.75) is 52.0 Å². The zero-order chi connectivity index (χ0) is 13.6. The van der Waals surface area contributed by atoms with Crippen molar-refractivity contribution in [1.29, 1.82) is 0 Å². The first-order valence-electron chi connectivity index (χ1n) is 7.19. The molecule has 1 saturated heterocycles. The molecule has 18 heavy (non-hydrogen) atoms. The molecule has 1 fully saturated rings. The minimum atomic E-state index is -0.762. The molecular formula is C14H29N3O. The molecule has 106 valence electrons. The number of nitrogens with zero attached hydrogens (tertiary/aromatic N) is 1. The summed E-state index contributed by atoms with van der Waals surface area (Å²) in [6, 6.07) is 0. The predicted molar refractivity (Wildman–Crippen MR) is 75.3 cm³/mol. The number of hydrogen-bond acceptors (Lipinski definition) is 3. The third kappa shape index (κ3) is 5.83. The summed E-state index contributed by atoms with van der Waals surface area (Å²) >= 11 is 0. The minimum absolute atomic E-state index is 0.0610. The van der Waals surface area contributed by atoms with Crippen LogP contribution in [-0.4, -0.2) is 42.5 Å². The van der Waals surface area contributed by atoms with Crippen LogP contribution in [0.15, 0.2) is 0 Å². The van der Waals surface area contributed by atoms with Crippen molar-refractivity contribution in [3.8, 4) is 0 Å². The Balaban J connectivity index is 2.03. The Hall–Kier alpha value is -0.610. The molecule has 1 heterocycles. The maximum atomic E-state index is 11.5. The van der Waals surface area contributed by atoms with Gasteiger partial charge < -0.3 is 16.0 Å². The Morgan fingerprint density at radius 2 is 2.17 bits per heavy atom. The van der Waals surface area contributed by atoms with Gasteiger partial charge in [-0.15, -0.1) is 0 Å². The summed E-state index contributed by atoms with van der Waals surface area (Å²) in [5.74, 6) is 0.783. The van der Waals surface area contributed by atoms with E-state index in [0.717, 1.165) is 31.8 Å². The molecule has 0 saturated carbocycles. The molecular weight excluding hydrogens is 226 g/mol. The van der Waals surface area contributed by atoms with E-state index in [4.69, 9.17) is 5.73 Å². The maximum absolute atomic E-state index is 11.5. The van der Waals surface area contributed by atoms with Crippen molar-refractivity contribution in [3.05, 3.63) is 0 Å². The van der Waals surface area contributed by atoms with E-state index >= 15 is 0 Å². The van der Waals surface area contributed by atoms with Crippen LogP contribution in [0.5, 0.6) is 0 Å². The fraction of sp³-hybridized carbons (Fsp3) is 0.929. The molecule has 1 amide bonds. The van der Waals surface area contributed by atoms with Gasteiger partial charge in [-0.3, -0.25) is 4.79 Å². The SMILES string of the molecule is CC1CCCN(CCCCNC(=O)C(C)(C)N)C1.